The number of nitrogens with one attached hydrogen (secondary N) is 1. The fraction of sp³-hybridized carbons (Fsp3) is 0.429. The van der Waals surface area contributed by atoms with Crippen LogP contribution in [-0.2, 0) is 4.74 Å². The van der Waals surface area contributed by atoms with Gasteiger partial charge in [0, 0.05) is 12.0 Å². The van der Waals surface area contributed by atoms with E-state index in [1.54, 1.807) is 6.07 Å². The maximum Gasteiger partial charge on any atom is 0.169 e. The molecular weight excluding hydrogens is 233 g/mol. The van der Waals surface area contributed by atoms with E-state index in [0.29, 0.717) is 24.6 Å². The molecule has 1 aromatic heterocycles. The van der Waals surface area contributed by atoms with Crippen molar-refractivity contribution in [2.75, 3.05) is 20.3 Å². The first-order valence-electron chi connectivity index (χ1n) is 6.19. The first kappa shape index (κ1) is 13.1. The number of halogens is 1. The molecule has 1 N–H and O–H groups in total. The molecule has 2 rings (SSSR count). The summed E-state index contributed by atoms with van der Waals surface area (Å²) in [5.74, 6) is 0.372. The van der Waals surface area contributed by atoms with Gasteiger partial charge in [-0.15, -0.1) is 0 Å². The van der Waals surface area contributed by atoms with E-state index in [9.17, 15) is 4.39 Å². The van der Waals surface area contributed by atoms with E-state index >= 15 is 0 Å². The van der Waals surface area contributed by atoms with Crippen LogP contribution in [-0.4, -0.2) is 20.3 Å². The summed E-state index contributed by atoms with van der Waals surface area (Å²) in [4.78, 5) is 0. The molecule has 0 fully saturated rings. The van der Waals surface area contributed by atoms with Crippen molar-refractivity contribution in [2.24, 2.45) is 0 Å². The highest BCUT2D eigenvalue weighted by Crippen LogP contribution is 2.26. The van der Waals surface area contributed by atoms with Crippen LogP contribution in [0.4, 0.5) is 4.39 Å². The number of hydrogen-bond donors (Lipinski definition) is 1. The van der Waals surface area contributed by atoms with Crippen LogP contribution in [0, 0.1) is 5.82 Å². The third-order valence-corrected chi connectivity index (χ3v) is 2.84. The highest BCUT2D eigenvalue weighted by atomic mass is 19.1. The summed E-state index contributed by atoms with van der Waals surface area (Å²) in [6.07, 6.45) is 0.977. The minimum Gasteiger partial charge on any atom is -0.456 e. The molecule has 0 saturated heterocycles. The molecule has 1 unspecified atom stereocenters. The smallest absolute Gasteiger partial charge is 0.169 e. The van der Waals surface area contributed by atoms with Gasteiger partial charge in [-0.05, 0) is 25.6 Å². The maximum atomic E-state index is 13.5. The molecule has 98 valence electrons. The number of furan rings is 1. The van der Waals surface area contributed by atoms with Crippen molar-refractivity contribution in [1.29, 1.82) is 0 Å². The molecule has 4 heteroatoms. The standard InChI is InChI=1S/C14H18FNO2/c1-3-7-17-9-12(16-2)13-8-10-5-4-6-11(15)14(10)18-13/h4-6,8,12,16H,3,7,9H2,1-2H3. The Hall–Kier alpha value is -1.39. The average molecular weight is 251 g/mol. The van der Waals surface area contributed by atoms with Crippen molar-refractivity contribution in [1.82, 2.24) is 5.32 Å². The minimum absolute atomic E-state index is 0.0525. The number of para-hydroxylation sites is 1. The highest BCUT2D eigenvalue weighted by molar-refractivity contribution is 5.78. The second-order valence-electron chi connectivity index (χ2n) is 4.22. The van der Waals surface area contributed by atoms with Gasteiger partial charge in [0.15, 0.2) is 11.4 Å². The van der Waals surface area contributed by atoms with Crippen LogP contribution in [0.3, 0.4) is 0 Å². The number of rotatable bonds is 6. The van der Waals surface area contributed by atoms with Crippen LogP contribution >= 0.6 is 0 Å². The lowest BCUT2D eigenvalue weighted by atomic mass is 10.2. The average Bonchev–Trinajstić information content (AvgIpc) is 2.80. The van der Waals surface area contributed by atoms with Gasteiger partial charge < -0.3 is 14.5 Å². The monoisotopic (exact) mass is 251 g/mol. The molecule has 0 amide bonds. The Morgan fingerprint density at radius 2 is 2.28 bits per heavy atom. The zero-order valence-electron chi connectivity index (χ0n) is 10.7. The van der Waals surface area contributed by atoms with Crippen LogP contribution in [0.1, 0.15) is 25.1 Å². The van der Waals surface area contributed by atoms with Gasteiger partial charge in [0.2, 0.25) is 0 Å². The van der Waals surface area contributed by atoms with Crippen molar-refractivity contribution in [3.8, 4) is 0 Å². The van der Waals surface area contributed by atoms with Crippen molar-refractivity contribution in [2.45, 2.75) is 19.4 Å². The molecule has 18 heavy (non-hydrogen) atoms. The van der Waals surface area contributed by atoms with Gasteiger partial charge in [-0.1, -0.05) is 19.1 Å². The minimum atomic E-state index is -0.330. The topological polar surface area (TPSA) is 34.4 Å². The third kappa shape index (κ3) is 2.71. The molecule has 0 aliphatic rings. The van der Waals surface area contributed by atoms with Gasteiger partial charge in [0.05, 0.1) is 12.6 Å². The van der Waals surface area contributed by atoms with Crippen LogP contribution in [0.25, 0.3) is 11.0 Å². The normalized spacial score (nSPS) is 13.1. The fourth-order valence-electron chi connectivity index (χ4n) is 1.87. The summed E-state index contributed by atoms with van der Waals surface area (Å²) in [5, 5.41) is 3.89. The van der Waals surface area contributed by atoms with Crippen molar-refractivity contribution < 1.29 is 13.5 Å². The highest BCUT2D eigenvalue weighted by Gasteiger charge is 2.16. The molecule has 1 aromatic carbocycles. The van der Waals surface area contributed by atoms with Crippen molar-refractivity contribution >= 4 is 11.0 Å². The first-order valence-corrected chi connectivity index (χ1v) is 6.19. The Kier molecular flexibility index (Phi) is 4.33. The molecule has 0 aliphatic heterocycles. The van der Waals surface area contributed by atoms with E-state index < -0.39 is 0 Å². The van der Waals surface area contributed by atoms with Crippen LogP contribution in [0.15, 0.2) is 28.7 Å². The predicted molar refractivity (Wildman–Crippen MR) is 69.1 cm³/mol. The summed E-state index contributed by atoms with van der Waals surface area (Å²) in [7, 11) is 1.84. The van der Waals surface area contributed by atoms with Crippen LogP contribution in [0.5, 0.6) is 0 Å². The summed E-state index contributed by atoms with van der Waals surface area (Å²) in [6, 6.07) is 6.72. The predicted octanol–water partition coefficient (Wildman–Crippen LogP) is 3.26. The number of ether oxygens (including phenoxy) is 1. The van der Waals surface area contributed by atoms with Gasteiger partial charge in [0.1, 0.15) is 5.76 Å². The Morgan fingerprint density at radius 1 is 1.44 bits per heavy atom. The summed E-state index contributed by atoms with van der Waals surface area (Å²) >= 11 is 0. The summed E-state index contributed by atoms with van der Waals surface area (Å²) < 4.78 is 24.6. The zero-order valence-corrected chi connectivity index (χ0v) is 10.7. The number of hydrogen-bond acceptors (Lipinski definition) is 3. The van der Waals surface area contributed by atoms with Gasteiger partial charge >= 0.3 is 0 Å². The molecule has 1 heterocycles. The summed E-state index contributed by atoms with van der Waals surface area (Å²) in [6.45, 7) is 3.30. The third-order valence-electron chi connectivity index (χ3n) is 2.84. The molecule has 3 nitrogen and oxygen atoms in total. The van der Waals surface area contributed by atoms with E-state index in [1.807, 2.05) is 19.2 Å². The molecule has 2 aromatic rings. The van der Waals surface area contributed by atoms with Gasteiger partial charge in [-0.25, -0.2) is 4.39 Å². The second kappa shape index (κ2) is 5.98. The van der Waals surface area contributed by atoms with Gasteiger partial charge in [0.25, 0.3) is 0 Å². The second-order valence-corrected chi connectivity index (χ2v) is 4.22. The molecule has 0 saturated carbocycles. The lowest BCUT2D eigenvalue weighted by Crippen LogP contribution is -2.21. The summed E-state index contributed by atoms with van der Waals surface area (Å²) in [5.41, 5.74) is 0.309. The zero-order chi connectivity index (χ0) is 13.0. The lowest BCUT2D eigenvalue weighted by molar-refractivity contribution is 0.108. The number of benzene rings is 1. The molecule has 0 radical (unpaired) electrons. The van der Waals surface area contributed by atoms with Gasteiger partial charge in [-0.3, -0.25) is 0 Å². The molecule has 0 bridgehead atoms. The van der Waals surface area contributed by atoms with E-state index in [-0.39, 0.29) is 11.9 Å². The van der Waals surface area contributed by atoms with Crippen molar-refractivity contribution in [3.63, 3.8) is 0 Å². The Labute approximate surface area is 106 Å². The van der Waals surface area contributed by atoms with Gasteiger partial charge in [-0.2, -0.15) is 0 Å². The number of fused-ring (bicyclic) bond motifs is 1. The molecule has 1 atom stereocenters. The molecular formula is C14H18FNO2. The van der Waals surface area contributed by atoms with E-state index in [1.165, 1.54) is 6.07 Å². The Balaban J connectivity index is 2.20. The molecule has 0 spiro atoms. The van der Waals surface area contributed by atoms with Crippen molar-refractivity contribution in [3.05, 3.63) is 35.8 Å². The van der Waals surface area contributed by atoms with E-state index in [0.717, 1.165) is 11.8 Å². The first-order chi connectivity index (χ1) is 8.76. The van der Waals surface area contributed by atoms with E-state index in [4.69, 9.17) is 9.15 Å². The molecule has 0 aliphatic carbocycles. The Bertz CT molecular complexity index is 509. The largest absolute Gasteiger partial charge is 0.456 e. The maximum absolute atomic E-state index is 13.5. The van der Waals surface area contributed by atoms with Crippen LogP contribution < -0.4 is 5.32 Å². The fourth-order valence-corrected chi connectivity index (χ4v) is 1.87. The number of likely N-dealkylation sites (N-methyl/N-ethyl adjacent to an activating group) is 1. The lowest BCUT2D eigenvalue weighted by Gasteiger charge is -2.13. The Morgan fingerprint density at radius 3 is 2.94 bits per heavy atom. The quantitative estimate of drug-likeness (QED) is 0.800. The SMILES string of the molecule is CCCOCC(NC)c1cc2cccc(F)c2o1. The van der Waals surface area contributed by atoms with E-state index in [2.05, 4.69) is 12.2 Å². The van der Waals surface area contributed by atoms with Crippen LogP contribution in [0.2, 0.25) is 0 Å².